The number of hydrogen-bond acceptors (Lipinski definition) is 4. The van der Waals surface area contributed by atoms with E-state index in [1.807, 2.05) is 19.2 Å². The van der Waals surface area contributed by atoms with E-state index in [-0.39, 0.29) is 17.0 Å². The molecule has 33 heavy (non-hydrogen) atoms. The van der Waals surface area contributed by atoms with Gasteiger partial charge in [-0.15, -0.1) is 0 Å². The molecule has 4 amide bonds. The van der Waals surface area contributed by atoms with Gasteiger partial charge in [-0.2, -0.15) is 0 Å². The predicted octanol–water partition coefficient (Wildman–Crippen LogP) is 5.80. The van der Waals surface area contributed by atoms with Crippen LogP contribution in [0.2, 0.25) is 5.02 Å². The van der Waals surface area contributed by atoms with Crippen molar-refractivity contribution in [3.63, 3.8) is 0 Å². The molecule has 0 bridgehead atoms. The van der Waals surface area contributed by atoms with Crippen molar-refractivity contribution >= 4 is 62.8 Å². The number of nitrogens with zero attached hydrogens (tertiary/aromatic N) is 2. The van der Waals surface area contributed by atoms with Crippen LogP contribution in [-0.4, -0.2) is 30.4 Å². The van der Waals surface area contributed by atoms with Crippen molar-refractivity contribution < 1.29 is 14.4 Å². The van der Waals surface area contributed by atoms with Gasteiger partial charge in [0.1, 0.15) is 5.57 Å². The zero-order valence-electron chi connectivity index (χ0n) is 19.1. The highest BCUT2D eigenvalue weighted by atomic mass is 79.9. The number of imide groups is 2. The number of fused-ring (bicyclic) bond motifs is 1. The first-order valence-corrected chi connectivity index (χ1v) is 11.8. The van der Waals surface area contributed by atoms with Gasteiger partial charge in [-0.25, -0.2) is 9.69 Å². The summed E-state index contributed by atoms with van der Waals surface area (Å²) in [6.45, 7) is 8.34. The number of aryl methyl sites for hydroxylation is 1. The summed E-state index contributed by atoms with van der Waals surface area (Å²) in [5.41, 5.74) is 3.67. The van der Waals surface area contributed by atoms with E-state index in [2.05, 4.69) is 46.9 Å². The van der Waals surface area contributed by atoms with Gasteiger partial charge in [-0.1, -0.05) is 34.5 Å². The van der Waals surface area contributed by atoms with Crippen molar-refractivity contribution in [1.29, 1.82) is 0 Å². The second-order valence-electron chi connectivity index (χ2n) is 9.30. The van der Waals surface area contributed by atoms with Gasteiger partial charge in [-0.3, -0.25) is 14.9 Å². The zero-order chi connectivity index (χ0) is 24.2. The topological polar surface area (TPSA) is 69.7 Å². The van der Waals surface area contributed by atoms with E-state index in [1.165, 1.54) is 6.08 Å². The van der Waals surface area contributed by atoms with Gasteiger partial charge in [0.15, 0.2) is 0 Å². The molecule has 0 radical (unpaired) electrons. The lowest BCUT2D eigenvalue weighted by Crippen LogP contribution is -2.54. The summed E-state index contributed by atoms with van der Waals surface area (Å²) in [5, 5.41) is 2.71. The van der Waals surface area contributed by atoms with E-state index in [1.54, 1.807) is 25.1 Å². The molecule has 1 fully saturated rings. The molecule has 2 heterocycles. The Kier molecular flexibility index (Phi) is 5.91. The molecule has 4 rings (SSSR count). The third-order valence-corrected chi connectivity index (χ3v) is 7.37. The maximum Gasteiger partial charge on any atom is 0.335 e. The zero-order valence-corrected chi connectivity index (χ0v) is 21.5. The molecule has 1 saturated heterocycles. The van der Waals surface area contributed by atoms with Crippen LogP contribution in [0.3, 0.4) is 0 Å². The molecule has 8 heteroatoms. The number of rotatable bonds is 2. The maximum absolute atomic E-state index is 13.3. The summed E-state index contributed by atoms with van der Waals surface area (Å²) in [6.07, 6.45) is 2.43. The van der Waals surface area contributed by atoms with Gasteiger partial charge in [0, 0.05) is 27.8 Å². The number of amides is 4. The fourth-order valence-electron chi connectivity index (χ4n) is 4.62. The SMILES string of the molecule is Cc1cc(Br)ccc1N1C(=O)NC(=O)/C(=C\c2cc3c(cc2Cl)N(C)C(C)(C)CC3C)C1=O. The summed E-state index contributed by atoms with van der Waals surface area (Å²) in [7, 11) is 2.04. The summed E-state index contributed by atoms with van der Waals surface area (Å²) >= 11 is 9.99. The van der Waals surface area contributed by atoms with Crippen LogP contribution in [0.5, 0.6) is 0 Å². The Labute approximate surface area is 206 Å². The minimum Gasteiger partial charge on any atom is -0.369 e. The lowest BCUT2D eigenvalue weighted by Gasteiger charge is -2.45. The molecule has 2 aliphatic rings. The van der Waals surface area contributed by atoms with Crippen molar-refractivity contribution in [3.8, 4) is 0 Å². The van der Waals surface area contributed by atoms with E-state index in [4.69, 9.17) is 11.6 Å². The molecule has 1 unspecified atom stereocenters. The molecule has 0 aliphatic carbocycles. The van der Waals surface area contributed by atoms with Gasteiger partial charge in [0.2, 0.25) is 0 Å². The number of carbonyl (C=O) groups is 3. The standard InChI is InChI=1S/C25H25BrClN3O3/c1-13-8-16(26)6-7-20(13)30-23(32)18(22(31)28-24(30)33)10-15-9-17-14(2)12-25(3,4)29(5)21(17)11-19(15)27/h6-11,14H,12H2,1-5H3,(H,28,31,33)/b18-10+. The minimum atomic E-state index is -0.776. The second kappa shape index (κ2) is 8.29. The Hall–Kier alpha value is -2.64. The highest BCUT2D eigenvalue weighted by Crippen LogP contribution is 2.44. The fourth-order valence-corrected chi connectivity index (χ4v) is 5.30. The lowest BCUT2D eigenvalue weighted by molar-refractivity contribution is -0.122. The van der Waals surface area contributed by atoms with Crippen LogP contribution < -0.4 is 15.1 Å². The number of hydrogen-bond donors (Lipinski definition) is 1. The number of halogens is 2. The van der Waals surface area contributed by atoms with E-state index in [9.17, 15) is 14.4 Å². The largest absolute Gasteiger partial charge is 0.369 e. The maximum atomic E-state index is 13.3. The molecule has 6 nitrogen and oxygen atoms in total. The molecule has 0 saturated carbocycles. The van der Waals surface area contributed by atoms with Gasteiger partial charge in [-0.05, 0) is 86.2 Å². The van der Waals surface area contributed by atoms with Gasteiger partial charge >= 0.3 is 6.03 Å². The highest BCUT2D eigenvalue weighted by Gasteiger charge is 2.38. The normalized spacial score (nSPS) is 21.4. The number of benzene rings is 2. The Morgan fingerprint density at radius 3 is 2.52 bits per heavy atom. The molecular formula is C25H25BrClN3O3. The number of urea groups is 1. The Bertz CT molecular complexity index is 1240. The number of nitrogens with one attached hydrogen (secondary N) is 1. The van der Waals surface area contributed by atoms with Crippen LogP contribution in [0.4, 0.5) is 16.2 Å². The second-order valence-corrected chi connectivity index (χ2v) is 10.6. The van der Waals surface area contributed by atoms with Crippen LogP contribution >= 0.6 is 27.5 Å². The van der Waals surface area contributed by atoms with Crippen molar-refractivity contribution in [1.82, 2.24) is 5.32 Å². The molecule has 2 aromatic carbocycles. The van der Waals surface area contributed by atoms with Crippen LogP contribution in [0.25, 0.3) is 6.08 Å². The molecular weight excluding hydrogens is 506 g/mol. The molecule has 1 N–H and O–H groups in total. The fraction of sp³-hybridized carbons (Fsp3) is 0.320. The molecule has 2 aliphatic heterocycles. The Balaban J connectivity index is 1.78. The Morgan fingerprint density at radius 1 is 1.15 bits per heavy atom. The summed E-state index contributed by atoms with van der Waals surface area (Å²) in [4.78, 5) is 41.7. The average molecular weight is 531 g/mol. The molecule has 0 spiro atoms. The molecule has 172 valence electrons. The number of carbonyl (C=O) groups excluding carboxylic acids is 3. The summed E-state index contributed by atoms with van der Waals surface area (Å²) < 4.78 is 0.823. The summed E-state index contributed by atoms with van der Waals surface area (Å²) in [6, 6.07) is 8.25. The average Bonchev–Trinajstić information content (AvgIpc) is 2.71. The highest BCUT2D eigenvalue weighted by molar-refractivity contribution is 9.10. The quantitative estimate of drug-likeness (QED) is 0.394. The molecule has 1 atom stereocenters. The first-order chi connectivity index (χ1) is 15.4. The lowest BCUT2D eigenvalue weighted by atomic mass is 9.80. The third kappa shape index (κ3) is 4.08. The van der Waals surface area contributed by atoms with Gasteiger partial charge in [0.05, 0.1) is 5.69 Å². The van der Waals surface area contributed by atoms with Crippen LogP contribution in [-0.2, 0) is 9.59 Å². The number of anilines is 2. The molecule has 2 aromatic rings. The first-order valence-electron chi connectivity index (χ1n) is 10.7. The minimum absolute atomic E-state index is 0.0155. The summed E-state index contributed by atoms with van der Waals surface area (Å²) in [5.74, 6) is -1.15. The number of barbiturate groups is 1. The smallest absolute Gasteiger partial charge is 0.335 e. The van der Waals surface area contributed by atoms with Crippen molar-refractivity contribution in [2.75, 3.05) is 16.8 Å². The van der Waals surface area contributed by atoms with Crippen molar-refractivity contribution in [3.05, 3.63) is 62.1 Å². The van der Waals surface area contributed by atoms with Crippen LogP contribution in [0, 0.1) is 6.92 Å². The van der Waals surface area contributed by atoms with E-state index < -0.39 is 17.8 Å². The molecule has 0 aromatic heterocycles. The van der Waals surface area contributed by atoms with Crippen molar-refractivity contribution in [2.45, 2.75) is 45.6 Å². The monoisotopic (exact) mass is 529 g/mol. The third-order valence-electron chi connectivity index (χ3n) is 6.55. The Morgan fingerprint density at radius 2 is 1.85 bits per heavy atom. The van der Waals surface area contributed by atoms with Crippen LogP contribution in [0.15, 0.2) is 40.4 Å². The van der Waals surface area contributed by atoms with Crippen molar-refractivity contribution in [2.24, 2.45) is 0 Å². The van der Waals surface area contributed by atoms with Gasteiger partial charge in [0.25, 0.3) is 11.8 Å². The van der Waals surface area contributed by atoms with Gasteiger partial charge < -0.3 is 4.90 Å². The van der Waals surface area contributed by atoms with Crippen LogP contribution in [0.1, 0.15) is 49.8 Å². The first kappa shape index (κ1) is 23.5. The van der Waals surface area contributed by atoms with E-state index in [0.29, 0.717) is 21.8 Å². The predicted molar refractivity (Wildman–Crippen MR) is 135 cm³/mol. The van der Waals surface area contributed by atoms with E-state index in [0.717, 1.165) is 27.0 Å². The van der Waals surface area contributed by atoms with E-state index >= 15 is 0 Å².